The Morgan fingerprint density at radius 1 is 1.35 bits per heavy atom. The van der Waals surface area contributed by atoms with Crippen LogP contribution in [0.1, 0.15) is 26.2 Å². The summed E-state index contributed by atoms with van der Waals surface area (Å²) in [6.07, 6.45) is 3.13. The summed E-state index contributed by atoms with van der Waals surface area (Å²) >= 11 is 1.32. The Morgan fingerprint density at radius 2 is 1.94 bits per heavy atom. The van der Waals surface area contributed by atoms with Crippen LogP contribution in [-0.4, -0.2) is 52.0 Å². The number of rotatable bonds is 5. The monoisotopic (exact) mass is 260 g/mol. The number of hydrogen-bond acceptors (Lipinski definition) is 4. The van der Waals surface area contributed by atoms with E-state index in [0.717, 1.165) is 32.4 Å². The number of carboxylic acid groups (broad SMARTS) is 1. The Hall–Kier alpha value is -0.750. The average molecular weight is 260 g/mol. The lowest BCUT2D eigenvalue weighted by molar-refractivity contribution is -0.142. The summed E-state index contributed by atoms with van der Waals surface area (Å²) in [6.45, 7) is 3.35. The van der Waals surface area contributed by atoms with Crippen LogP contribution in [-0.2, 0) is 9.59 Å². The first-order chi connectivity index (χ1) is 8.07. The molecule has 1 fully saturated rings. The van der Waals surface area contributed by atoms with Crippen LogP contribution in [0.4, 0.5) is 0 Å². The normalized spacial score (nSPS) is 19.8. The quantitative estimate of drug-likeness (QED) is 0.753. The molecule has 1 saturated heterocycles. The summed E-state index contributed by atoms with van der Waals surface area (Å²) in [5, 5.41) is 8.26. The SMILES string of the molecule is CCSC(C(=O)N1CCCCC1)C(N)C(=O)O. The lowest BCUT2D eigenvalue weighted by Crippen LogP contribution is -2.51. The van der Waals surface area contributed by atoms with Gasteiger partial charge in [-0.2, -0.15) is 0 Å². The van der Waals surface area contributed by atoms with E-state index in [-0.39, 0.29) is 5.91 Å². The van der Waals surface area contributed by atoms with Gasteiger partial charge in [0.25, 0.3) is 0 Å². The lowest BCUT2D eigenvalue weighted by atomic mass is 10.1. The van der Waals surface area contributed by atoms with Crippen molar-refractivity contribution in [2.75, 3.05) is 18.8 Å². The summed E-state index contributed by atoms with van der Waals surface area (Å²) in [5.41, 5.74) is 5.59. The summed E-state index contributed by atoms with van der Waals surface area (Å²) in [7, 11) is 0. The van der Waals surface area contributed by atoms with Crippen LogP contribution >= 0.6 is 11.8 Å². The molecule has 1 aliphatic rings. The van der Waals surface area contributed by atoms with Crippen molar-refractivity contribution in [1.29, 1.82) is 0 Å². The molecule has 3 N–H and O–H groups in total. The molecule has 1 aliphatic heterocycles. The zero-order chi connectivity index (χ0) is 12.8. The second kappa shape index (κ2) is 6.86. The Bertz CT molecular complexity index is 280. The van der Waals surface area contributed by atoms with Gasteiger partial charge in [0.2, 0.25) is 5.91 Å². The maximum atomic E-state index is 12.2. The number of piperidine rings is 1. The molecule has 1 amide bonds. The van der Waals surface area contributed by atoms with E-state index in [9.17, 15) is 9.59 Å². The Morgan fingerprint density at radius 3 is 2.41 bits per heavy atom. The highest BCUT2D eigenvalue weighted by Crippen LogP contribution is 2.19. The zero-order valence-electron chi connectivity index (χ0n) is 10.1. The summed E-state index contributed by atoms with van der Waals surface area (Å²) < 4.78 is 0. The second-order valence-corrected chi connectivity index (χ2v) is 5.54. The van der Waals surface area contributed by atoms with Gasteiger partial charge in [-0.25, -0.2) is 0 Å². The highest BCUT2D eigenvalue weighted by atomic mass is 32.2. The molecule has 2 unspecified atom stereocenters. The van der Waals surface area contributed by atoms with Gasteiger partial charge in [0.15, 0.2) is 0 Å². The predicted molar refractivity (Wildman–Crippen MR) is 68.0 cm³/mol. The number of nitrogens with zero attached hydrogens (tertiary/aromatic N) is 1. The number of aliphatic carboxylic acids is 1. The van der Waals surface area contributed by atoms with Crippen molar-refractivity contribution in [3.63, 3.8) is 0 Å². The molecule has 98 valence electrons. The van der Waals surface area contributed by atoms with Crippen LogP contribution in [0.25, 0.3) is 0 Å². The fourth-order valence-electron chi connectivity index (χ4n) is 1.93. The van der Waals surface area contributed by atoms with E-state index in [1.807, 2.05) is 6.92 Å². The van der Waals surface area contributed by atoms with Crippen LogP contribution in [0, 0.1) is 0 Å². The molecular weight excluding hydrogens is 240 g/mol. The van der Waals surface area contributed by atoms with Crippen molar-refractivity contribution in [3.8, 4) is 0 Å². The van der Waals surface area contributed by atoms with Gasteiger partial charge in [-0.15, -0.1) is 11.8 Å². The smallest absolute Gasteiger partial charge is 0.322 e. The Kier molecular flexibility index (Phi) is 5.77. The first kappa shape index (κ1) is 14.3. The molecule has 0 aromatic heterocycles. The fraction of sp³-hybridized carbons (Fsp3) is 0.818. The maximum absolute atomic E-state index is 12.2. The van der Waals surface area contributed by atoms with E-state index < -0.39 is 17.3 Å². The minimum Gasteiger partial charge on any atom is -0.480 e. The van der Waals surface area contributed by atoms with Crippen LogP contribution in [0.5, 0.6) is 0 Å². The van der Waals surface area contributed by atoms with Crippen LogP contribution in [0.3, 0.4) is 0 Å². The number of hydrogen-bond donors (Lipinski definition) is 2. The van der Waals surface area contributed by atoms with E-state index in [4.69, 9.17) is 10.8 Å². The lowest BCUT2D eigenvalue weighted by Gasteiger charge is -2.31. The Balaban J connectivity index is 2.67. The third-order valence-electron chi connectivity index (χ3n) is 2.87. The van der Waals surface area contributed by atoms with E-state index in [0.29, 0.717) is 5.75 Å². The number of carbonyl (C=O) groups excluding carboxylic acids is 1. The molecule has 1 heterocycles. The van der Waals surface area contributed by atoms with Gasteiger partial charge in [-0.1, -0.05) is 6.92 Å². The second-order valence-electron chi connectivity index (χ2n) is 4.13. The van der Waals surface area contributed by atoms with Gasteiger partial charge in [0.1, 0.15) is 11.3 Å². The molecule has 2 atom stereocenters. The van der Waals surface area contributed by atoms with E-state index in [1.54, 1.807) is 4.90 Å². The average Bonchev–Trinajstić information content (AvgIpc) is 2.35. The molecular formula is C11H20N2O3S. The molecule has 6 heteroatoms. The minimum atomic E-state index is -1.12. The van der Waals surface area contributed by atoms with Crippen molar-refractivity contribution in [2.24, 2.45) is 5.73 Å². The molecule has 0 radical (unpaired) electrons. The molecule has 0 saturated carbocycles. The highest BCUT2D eigenvalue weighted by Gasteiger charge is 2.34. The number of thioether (sulfide) groups is 1. The number of carboxylic acids is 1. The third kappa shape index (κ3) is 3.89. The van der Waals surface area contributed by atoms with Gasteiger partial charge in [0, 0.05) is 13.1 Å². The van der Waals surface area contributed by atoms with E-state index in [1.165, 1.54) is 11.8 Å². The molecule has 0 spiro atoms. The van der Waals surface area contributed by atoms with Crippen molar-refractivity contribution in [3.05, 3.63) is 0 Å². The molecule has 0 bridgehead atoms. The largest absolute Gasteiger partial charge is 0.480 e. The van der Waals surface area contributed by atoms with Gasteiger partial charge in [-0.3, -0.25) is 9.59 Å². The highest BCUT2D eigenvalue weighted by molar-refractivity contribution is 8.00. The molecule has 5 nitrogen and oxygen atoms in total. The molecule has 1 rings (SSSR count). The number of amides is 1. The summed E-state index contributed by atoms with van der Waals surface area (Å²) in [4.78, 5) is 24.8. The van der Waals surface area contributed by atoms with Crippen LogP contribution in [0.2, 0.25) is 0 Å². The standard InChI is InChI=1S/C11H20N2O3S/c1-2-17-9(8(12)11(15)16)10(14)13-6-4-3-5-7-13/h8-9H,2-7,12H2,1H3,(H,15,16). The molecule has 17 heavy (non-hydrogen) atoms. The minimum absolute atomic E-state index is 0.119. The van der Waals surface area contributed by atoms with Crippen molar-refractivity contribution in [2.45, 2.75) is 37.5 Å². The topological polar surface area (TPSA) is 83.6 Å². The Labute approximate surface area is 106 Å². The zero-order valence-corrected chi connectivity index (χ0v) is 10.9. The fourth-order valence-corrected chi connectivity index (χ4v) is 2.91. The van der Waals surface area contributed by atoms with Gasteiger partial charge < -0.3 is 15.7 Å². The van der Waals surface area contributed by atoms with Crippen molar-refractivity contribution >= 4 is 23.6 Å². The van der Waals surface area contributed by atoms with Gasteiger partial charge >= 0.3 is 5.97 Å². The third-order valence-corrected chi connectivity index (χ3v) is 4.06. The van der Waals surface area contributed by atoms with Crippen LogP contribution in [0.15, 0.2) is 0 Å². The van der Waals surface area contributed by atoms with Gasteiger partial charge in [0.05, 0.1) is 0 Å². The summed E-state index contributed by atoms with van der Waals surface area (Å²) in [5.74, 6) is -0.543. The summed E-state index contributed by atoms with van der Waals surface area (Å²) in [6, 6.07) is -1.12. The maximum Gasteiger partial charge on any atom is 0.322 e. The molecule has 0 aromatic carbocycles. The number of likely N-dealkylation sites (tertiary alicyclic amines) is 1. The molecule has 0 aromatic rings. The van der Waals surface area contributed by atoms with E-state index >= 15 is 0 Å². The number of nitrogens with two attached hydrogens (primary N) is 1. The van der Waals surface area contributed by atoms with Crippen molar-refractivity contribution < 1.29 is 14.7 Å². The van der Waals surface area contributed by atoms with E-state index in [2.05, 4.69) is 0 Å². The van der Waals surface area contributed by atoms with Crippen molar-refractivity contribution in [1.82, 2.24) is 4.90 Å². The first-order valence-electron chi connectivity index (χ1n) is 5.96. The number of carbonyl (C=O) groups is 2. The first-order valence-corrected chi connectivity index (χ1v) is 7.01. The molecule has 0 aliphatic carbocycles. The predicted octanol–water partition coefficient (Wildman–Crippen LogP) is 0.532. The van der Waals surface area contributed by atoms with Gasteiger partial charge in [-0.05, 0) is 25.0 Å². The van der Waals surface area contributed by atoms with Crippen LogP contribution < -0.4 is 5.73 Å².